The van der Waals surface area contributed by atoms with Gasteiger partial charge in [-0.15, -0.1) is 0 Å². The van der Waals surface area contributed by atoms with Crippen molar-refractivity contribution >= 4 is 17.2 Å². The first kappa shape index (κ1) is 20.4. The van der Waals surface area contributed by atoms with Gasteiger partial charge < -0.3 is 4.74 Å². The Kier molecular flexibility index (Phi) is 6.70. The summed E-state index contributed by atoms with van der Waals surface area (Å²) in [6, 6.07) is 13.3. The van der Waals surface area contributed by atoms with Crippen molar-refractivity contribution in [1.82, 2.24) is 14.3 Å². The lowest BCUT2D eigenvalue weighted by molar-refractivity contribution is 0.225. The van der Waals surface area contributed by atoms with Crippen LogP contribution in [0.4, 0.5) is 0 Å². The molecule has 3 aromatic rings. The predicted octanol–water partition coefficient (Wildman–Crippen LogP) is 4.40. The summed E-state index contributed by atoms with van der Waals surface area (Å²) in [7, 11) is 0. The quantitative estimate of drug-likeness (QED) is 0.563. The first-order valence-electron chi connectivity index (χ1n) is 9.56. The molecule has 3 rings (SSSR count). The van der Waals surface area contributed by atoms with Crippen molar-refractivity contribution in [1.29, 1.82) is 0 Å². The van der Waals surface area contributed by atoms with E-state index < -0.39 is 0 Å². The fraction of sp³-hybridized carbons (Fsp3) is 0.364. The maximum atomic E-state index is 12.4. The number of hydrogen-bond acceptors (Lipinski definition) is 4. The Morgan fingerprint density at radius 3 is 2.57 bits per heavy atom. The highest BCUT2D eigenvalue weighted by Gasteiger charge is 2.12. The van der Waals surface area contributed by atoms with Gasteiger partial charge >= 0.3 is 0 Å². The molecule has 0 unspecified atom stereocenters. The second-order valence-electron chi connectivity index (χ2n) is 7.30. The Hall–Kier alpha value is -2.37. The maximum Gasteiger partial charge on any atom is 0.258 e. The van der Waals surface area contributed by atoms with Gasteiger partial charge in [0.05, 0.1) is 17.3 Å². The van der Waals surface area contributed by atoms with Gasteiger partial charge in [-0.2, -0.15) is 0 Å². The van der Waals surface area contributed by atoms with Crippen LogP contribution in [0.3, 0.4) is 0 Å². The molecule has 0 bridgehead atoms. The van der Waals surface area contributed by atoms with Crippen molar-refractivity contribution < 1.29 is 4.74 Å². The van der Waals surface area contributed by atoms with Crippen LogP contribution in [0, 0.1) is 5.92 Å². The molecule has 0 fully saturated rings. The van der Waals surface area contributed by atoms with Gasteiger partial charge in [0.2, 0.25) is 0 Å². The molecule has 0 aliphatic heterocycles. The number of nitrogens with zero attached hydrogens (tertiary/aromatic N) is 3. The molecule has 0 N–H and O–H groups in total. The van der Waals surface area contributed by atoms with Crippen LogP contribution in [0.15, 0.2) is 53.5 Å². The van der Waals surface area contributed by atoms with Crippen molar-refractivity contribution in [2.75, 3.05) is 13.2 Å². The lowest BCUT2D eigenvalue weighted by Crippen LogP contribution is -2.28. The van der Waals surface area contributed by atoms with Crippen LogP contribution in [-0.4, -0.2) is 27.4 Å². The molecule has 0 atom stereocenters. The highest BCUT2D eigenvalue weighted by atomic mass is 35.5. The summed E-state index contributed by atoms with van der Waals surface area (Å²) >= 11 is 5.99. The average Bonchev–Trinajstić information content (AvgIpc) is 2.64. The Bertz CT molecular complexity index is 983. The molecule has 2 aromatic heterocycles. The standard InChI is InChI=1S/C22H26ClN3O2/c1-4-28-20-8-5-17(6-9-20)13-25(12-16(2)3)15-19-11-22(27)26-14-18(23)7-10-21(26)24-19/h5-11,14,16H,4,12-13,15H2,1-3H3. The van der Waals surface area contributed by atoms with Gasteiger partial charge in [-0.3, -0.25) is 14.1 Å². The molecule has 0 spiro atoms. The van der Waals surface area contributed by atoms with Crippen molar-refractivity contribution in [2.24, 2.45) is 5.92 Å². The third-order valence-electron chi connectivity index (χ3n) is 4.33. The molecule has 0 aliphatic rings. The van der Waals surface area contributed by atoms with Gasteiger partial charge in [-0.1, -0.05) is 37.6 Å². The van der Waals surface area contributed by atoms with E-state index in [2.05, 4.69) is 35.9 Å². The number of hydrogen-bond donors (Lipinski definition) is 0. The topological polar surface area (TPSA) is 46.8 Å². The average molecular weight is 400 g/mol. The molecule has 0 saturated carbocycles. The zero-order chi connectivity index (χ0) is 20.1. The summed E-state index contributed by atoms with van der Waals surface area (Å²) in [6.45, 7) is 9.32. The van der Waals surface area contributed by atoms with E-state index in [4.69, 9.17) is 16.3 Å². The lowest BCUT2D eigenvalue weighted by Gasteiger charge is -2.24. The van der Waals surface area contributed by atoms with E-state index in [1.165, 1.54) is 9.96 Å². The smallest absolute Gasteiger partial charge is 0.258 e. The number of pyridine rings is 1. The van der Waals surface area contributed by atoms with Crippen LogP contribution in [-0.2, 0) is 13.1 Å². The number of benzene rings is 1. The Labute approximate surface area is 170 Å². The van der Waals surface area contributed by atoms with E-state index in [-0.39, 0.29) is 5.56 Å². The largest absolute Gasteiger partial charge is 0.494 e. The molecule has 2 heterocycles. The second-order valence-corrected chi connectivity index (χ2v) is 7.74. The number of ether oxygens (including phenoxy) is 1. The molecule has 28 heavy (non-hydrogen) atoms. The zero-order valence-corrected chi connectivity index (χ0v) is 17.3. The summed E-state index contributed by atoms with van der Waals surface area (Å²) in [5, 5.41) is 0.515. The van der Waals surface area contributed by atoms with Crippen LogP contribution >= 0.6 is 11.6 Å². The molecule has 0 amide bonds. The fourth-order valence-electron chi connectivity index (χ4n) is 3.25. The minimum Gasteiger partial charge on any atom is -0.494 e. The van der Waals surface area contributed by atoms with Crippen LogP contribution in [0.25, 0.3) is 5.65 Å². The maximum absolute atomic E-state index is 12.4. The van der Waals surface area contributed by atoms with E-state index in [1.54, 1.807) is 24.4 Å². The second kappa shape index (κ2) is 9.22. The molecule has 0 radical (unpaired) electrons. The Morgan fingerprint density at radius 1 is 1.14 bits per heavy atom. The van der Waals surface area contributed by atoms with Crippen LogP contribution in [0.5, 0.6) is 5.75 Å². The lowest BCUT2D eigenvalue weighted by atomic mass is 10.1. The predicted molar refractivity (Wildman–Crippen MR) is 113 cm³/mol. The molecule has 5 nitrogen and oxygen atoms in total. The van der Waals surface area contributed by atoms with Crippen molar-refractivity contribution in [3.8, 4) is 5.75 Å². The van der Waals surface area contributed by atoms with Crippen LogP contribution < -0.4 is 10.3 Å². The van der Waals surface area contributed by atoms with E-state index in [1.807, 2.05) is 19.1 Å². The highest BCUT2D eigenvalue weighted by Crippen LogP contribution is 2.16. The molecular formula is C22H26ClN3O2. The number of halogens is 1. The molecular weight excluding hydrogens is 374 g/mol. The minimum absolute atomic E-state index is 0.118. The first-order valence-corrected chi connectivity index (χ1v) is 9.94. The summed E-state index contributed by atoms with van der Waals surface area (Å²) in [5.41, 5.74) is 2.46. The molecule has 148 valence electrons. The first-order chi connectivity index (χ1) is 13.4. The van der Waals surface area contributed by atoms with Gasteiger partial charge in [0.1, 0.15) is 11.4 Å². The summed E-state index contributed by atoms with van der Waals surface area (Å²) in [6.07, 6.45) is 1.60. The Morgan fingerprint density at radius 2 is 1.89 bits per heavy atom. The van der Waals surface area contributed by atoms with E-state index >= 15 is 0 Å². The van der Waals surface area contributed by atoms with E-state index in [0.717, 1.165) is 24.5 Å². The normalized spacial score (nSPS) is 11.5. The van der Waals surface area contributed by atoms with Gasteiger partial charge in [0.15, 0.2) is 0 Å². The van der Waals surface area contributed by atoms with Crippen LogP contribution in [0.2, 0.25) is 5.02 Å². The van der Waals surface area contributed by atoms with Crippen LogP contribution in [0.1, 0.15) is 32.0 Å². The number of rotatable bonds is 8. The molecule has 0 aliphatic carbocycles. The zero-order valence-electron chi connectivity index (χ0n) is 16.6. The highest BCUT2D eigenvalue weighted by molar-refractivity contribution is 6.30. The number of aromatic nitrogens is 2. The minimum atomic E-state index is -0.118. The van der Waals surface area contributed by atoms with Gasteiger partial charge in [0, 0.05) is 31.9 Å². The molecule has 0 saturated heterocycles. The summed E-state index contributed by atoms with van der Waals surface area (Å²) in [5.74, 6) is 1.38. The third kappa shape index (κ3) is 5.33. The van der Waals surface area contributed by atoms with Crippen molar-refractivity contribution in [3.05, 3.63) is 75.3 Å². The van der Waals surface area contributed by atoms with E-state index in [0.29, 0.717) is 29.7 Å². The summed E-state index contributed by atoms with van der Waals surface area (Å²) < 4.78 is 7.00. The third-order valence-corrected chi connectivity index (χ3v) is 4.55. The van der Waals surface area contributed by atoms with Crippen molar-refractivity contribution in [2.45, 2.75) is 33.9 Å². The monoisotopic (exact) mass is 399 g/mol. The molecule has 1 aromatic carbocycles. The van der Waals surface area contributed by atoms with Gasteiger partial charge in [-0.05, 0) is 42.7 Å². The molecule has 6 heteroatoms. The van der Waals surface area contributed by atoms with Crippen molar-refractivity contribution in [3.63, 3.8) is 0 Å². The SMILES string of the molecule is CCOc1ccc(CN(Cc2cc(=O)n3cc(Cl)ccc3n2)CC(C)C)cc1. The van der Waals surface area contributed by atoms with Gasteiger partial charge in [-0.25, -0.2) is 4.98 Å². The fourth-order valence-corrected chi connectivity index (χ4v) is 3.41. The number of fused-ring (bicyclic) bond motifs is 1. The van der Waals surface area contributed by atoms with E-state index in [9.17, 15) is 4.79 Å². The van der Waals surface area contributed by atoms with Gasteiger partial charge in [0.25, 0.3) is 5.56 Å². The Balaban J connectivity index is 1.81. The summed E-state index contributed by atoms with van der Waals surface area (Å²) in [4.78, 5) is 19.4.